The fraction of sp³-hybridized carbons (Fsp3) is 0.176. The van der Waals surface area contributed by atoms with E-state index in [2.05, 4.69) is 10.3 Å². The molecular formula is C17H15F3N2O2. The van der Waals surface area contributed by atoms with Gasteiger partial charge in [-0.25, -0.2) is 0 Å². The zero-order valence-electron chi connectivity index (χ0n) is 13.0. The second kappa shape index (κ2) is 7.63. The van der Waals surface area contributed by atoms with Crippen molar-refractivity contribution in [2.75, 3.05) is 7.11 Å². The van der Waals surface area contributed by atoms with Crippen LogP contribution in [0.5, 0.6) is 0 Å². The molecule has 7 heteroatoms. The van der Waals surface area contributed by atoms with Gasteiger partial charge in [0.25, 0.3) is 5.90 Å². The molecule has 0 spiro atoms. The number of rotatable bonds is 4. The summed E-state index contributed by atoms with van der Waals surface area (Å²) in [4.78, 5) is 9.95. The van der Waals surface area contributed by atoms with E-state index < -0.39 is 11.7 Å². The summed E-state index contributed by atoms with van der Waals surface area (Å²) in [7, 11) is 1.36. The molecule has 0 N–H and O–H groups in total. The summed E-state index contributed by atoms with van der Waals surface area (Å²) in [5.41, 5.74) is 0.457. The molecule has 0 fully saturated rings. The minimum Gasteiger partial charge on any atom is -0.396 e. The topological polar surface area (TPSA) is 43.2 Å². The van der Waals surface area contributed by atoms with Crippen LogP contribution in [0.4, 0.5) is 13.2 Å². The molecule has 2 aromatic rings. The van der Waals surface area contributed by atoms with Gasteiger partial charge in [-0.2, -0.15) is 13.2 Å². The molecule has 0 aliphatic heterocycles. The molecule has 0 amide bonds. The van der Waals surface area contributed by atoms with Crippen molar-refractivity contribution in [1.29, 1.82) is 0 Å². The van der Waals surface area contributed by atoms with E-state index in [0.717, 1.165) is 12.1 Å². The third-order valence-electron chi connectivity index (χ3n) is 3.07. The zero-order valence-corrected chi connectivity index (χ0v) is 13.0. The van der Waals surface area contributed by atoms with E-state index in [1.807, 2.05) is 6.07 Å². The average Bonchev–Trinajstić information content (AvgIpc) is 2.58. The molecule has 0 aliphatic carbocycles. The van der Waals surface area contributed by atoms with Crippen molar-refractivity contribution in [2.24, 2.45) is 10.3 Å². The van der Waals surface area contributed by atoms with Crippen LogP contribution in [0.15, 0.2) is 64.9 Å². The monoisotopic (exact) mass is 336 g/mol. The van der Waals surface area contributed by atoms with Crippen LogP contribution in [0.2, 0.25) is 0 Å². The quantitative estimate of drug-likeness (QED) is 0.470. The fourth-order valence-electron chi connectivity index (χ4n) is 1.87. The number of halogens is 3. The Bertz CT molecular complexity index is 741. The molecule has 2 rings (SSSR count). The molecule has 0 bridgehead atoms. The van der Waals surface area contributed by atoms with Gasteiger partial charge in [-0.3, -0.25) is 0 Å². The van der Waals surface area contributed by atoms with Gasteiger partial charge in [0.1, 0.15) is 7.11 Å². The lowest BCUT2D eigenvalue weighted by atomic mass is 10.1. The Morgan fingerprint density at radius 3 is 2.21 bits per heavy atom. The fourth-order valence-corrected chi connectivity index (χ4v) is 1.87. The number of benzene rings is 2. The molecule has 0 aromatic heterocycles. The van der Waals surface area contributed by atoms with E-state index in [1.165, 1.54) is 19.2 Å². The summed E-state index contributed by atoms with van der Waals surface area (Å²) in [6.45, 7) is 1.55. The highest BCUT2D eigenvalue weighted by molar-refractivity contribution is 6.00. The molecule has 24 heavy (non-hydrogen) atoms. The van der Waals surface area contributed by atoms with Gasteiger partial charge in [0.15, 0.2) is 0 Å². The summed E-state index contributed by atoms with van der Waals surface area (Å²) in [5.74, 6) is 0.101. The Labute approximate surface area is 137 Å². The number of nitrogens with zero attached hydrogens (tertiary/aromatic N) is 2. The van der Waals surface area contributed by atoms with Gasteiger partial charge >= 0.3 is 6.18 Å². The molecule has 4 nitrogen and oxygen atoms in total. The van der Waals surface area contributed by atoms with Crippen LogP contribution in [0.1, 0.15) is 23.6 Å². The van der Waals surface area contributed by atoms with Crippen molar-refractivity contribution < 1.29 is 22.8 Å². The molecular weight excluding hydrogens is 321 g/mol. The summed E-state index contributed by atoms with van der Waals surface area (Å²) in [5, 5.41) is 7.58. The van der Waals surface area contributed by atoms with Crippen LogP contribution in [0.3, 0.4) is 0 Å². The van der Waals surface area contributed by atoms with E-state index in [9.17, 15) is 13.2 Å². The molecule has 0 saturated heterocycles. The Balaban J connectivity index is 2.23. The minimum atomic E-state index is -4.41. The highest BCUT2D eigenvalue weighted by Gasteiger charge is 2.30. The lowest BCUT2D eigenvalue weighted by molar-refractivity contribution is -0.137. The lowest BCUT2D eigenvalue weighted by Crippen LogP contribution is -2.08. The molecule has 0 saturated carbocycles. The second-order valence-corrected chi connectivity index (χ2v) is 4.79. The first-order valence-electron chi connectivity index (χ1n) is 6.97. The van der Waals surface area contributed by atoms with Crippen molar-refractivity contribution in [3.05, 3.63) is 71.3 Å². The van der Waals surface area contributed by atoms with Gasteiger partial charge in [0.2, 0.25) is 0 Å². The van der Waals surface area contributed by atoms with Gasteiger partial charge < -0.3 is 9.68 Å². The van der Waals surface area contributed by atoms with Gasteiger partial charge in [-0.1, -0.05) is 35.5 Å². The van der Waals surface area contributed by atoms with Crippen molar-refractivity contribution in [3.8, 4) is 0 Å². The molecule has 0 heterocycles. The predicted octanol–water partition coefficient (Wildman–Crippen LogP) is 4.45. The molecule has 0 atom stereocenters. The van der Waals surface area contributed by atoms with Crippen LogP contribution in [0, 0.1) is 0 Å². The second-order valence-electron chi connectivity index (χ2n) is 4.79. The standard InChI is InChI=1S/C17H15F3N2O2/c1-12(14-9-6-10-15(11-14)17(18,19)20)21-24-16(22-23-2)13-7-4-3-5-8-13/h3-11H,1-2H3/b21-12+,22-16+. The molecule has 2 aromatic carbocycles. The van der Waals surface area contributed by atoms with E-state index >= 15 is 0 Å². The van der Waals surface area contributed by atoms with Gasteiger partial charge in [0, 0.05) is 5.56 Å². The Kier molecular flexibility index (Phi) is 5.57. The van der Waals surface area contributed by atoms with E-state index in [1.54, 1.807) is 31.2 Å². The Morgan fingerprint density at radius 1 is 0.917 bits per heavy atom. The Hall–Kier alpha value is -2.83. The molecule has 126 valence electrons. The smallest absolute Gasteiger partial charge is 0.396 e. The SMILES string of the molecule is CO/N=C(/O/N=C(\C)c1cccc(C(F)(F)F)c1)c1ccccc1. The number of hydrogen-bond acceptors (Lipinski definition) is 4. The maximum Gasteiger partial charge on any atom is 0.416 e. The average molecular weight is 336 g/mol. The van der Waals surface area contributed by atoms with E-state index in [0.29, 0.717) is 11.1 Å². The zero-order chi connectivity index (χ0) is 17.6. The number of alkyl halides is 3. The van der Waals surface area contributed by atoms with Crippen LogP contribution < -0.4 is 0 Å². The summed E-state index contributed by atoms with van der Waals surface area (Å²) in [6, 6.07) is 13.7. The summed E-state index contributed by atoms with van der Waals surface area (Å²) in [6.07, 6.45) is -4.41. The van der Waals surface area contributed by atoms with Crippen LogP contribution in [-0.4, -0.2) is 18.7 Å². The van der Waals surface area contributed by atoms with Gasteiger partial charge in [0.05, 0.1) is 11.3 Å². The Morgan fingerprint density at radius 2 is 1.58 bits per heavy atom. The molecule has 0 radical (unpaired) electrons. The highest BCUT2D eigenvalue weighted by atomic mass is 19.4. The lowest BCUT2D eigenvalue weighted by Gasteiger charge is -2.08. The van der Waals surface area contributed by atoms with Crippen LogP contribution >= 0.6 is 0 Å². The first-order chi connectivity index (χ1) is 11.4. The number of oxime groups is 2. The third kappa shape index (κ3) is 4.58. The van der Waals surface area contributed by atoms with Crippen LogP contribution in [-0.2, 0) is 15.9 Å². The largest absolute Gasteiger partial charge is 0.416 e. The highest BCUT2D eigenvalue weighted by Crippen LogP contribution is 2.29. The van der Waals surface area contributed by atoms with Crippen LogP contribution in [0.25, 0.3) is 0 Å². The first kappa shape index (κ1) is 17.5. The minimum absolute atomic E-state index is 0.101. The van der Waals surface area contributed by atoms with Gasteiger partial charge in [-0.05, 0) is 41.9 Å². The van der Waals surface area contributed by atoms with E-state index in [-0.39, 0.29) is 11.6 Å². The summed E-state index contributed by atoms with van der Waals surface area (Å²) < 4.78 is 38.3. The molecule has 0 unspecified atom stereocenters. The normalized spacial score (nSPS) is 12.9. The van der Waals surface area contributed by atoms with Crippen molar-refractivity contribution in [2.45, 2.75) is 13.1 Å². The summed E-state index contributed by atoms with van der Waals surface area (Å²) >= 11 is 0. The van der Waals surface area contributed by atoms with E-state index in [4.69, 9.17) is 9.68 Å². The van der Waals surface area contributed by atoms with Crippen molar-refractivity contribution in [1.82, 2.24) is 0 Å². The third-order valence-corrected chi connectivity index (χ3v) is 3.07. The first-order valence-corrected chi connectivity index (χ1v) is 6.97. The maximum atomic E-state index is 12.8. The van der Waals surface area contributed by atoms with Crippen molar-refractivity contribution >= 4 is 11.6 Å². The van der Waals surface area contributed by atoms with Crippen molar-refractivity contribution in [3.63, 3.8) is 0 Å². The molecule has 0 aliphatic rings. The predicted molar refractivity (Wildman–Crippen MR) is 84.7 cm³/mol. The van der Waals surface area contributed by atoms with Gasteiger partial charge in [-0.15, -0.1) is 0 Å². The maximum absolute atomic E-state index is 12.8. The number of hydrogen-bond donors (Lipinski definition) is 0.